The van der Waals surface area contributed by atoms with Crippen molar-refractivity contribution in [2.75, 3.05) is 57.5 Å². The number of ether oxygens (including phenoxy) is 1. The summed E-state index contributed by atoms with van der Waals surface area (Å²) in [6.45, 7) is 6.66. The third-order valence-electron chi connectivity index (χ3n) is 5.85. The Hall–Kier alpha value is -2.00. The quantitative estimate of drug-likeness (QED) is 0.497. The number of piperidine rings is 1. The number of nitrogens with zero attached hydrogens (tertiary/aromatic N) is 3. The molecule has 1 aromatic rings. The smallest absolute Gasteiger partial charge is 0.211 e. The van der Waals surface area contributed by atoms with E-state index in [1.165, 1.54) is 6.26 Å². The number of hydrogen-bond acceptors (Lipinski definition) is 5. The van der Waals surface area contributed by atoms with E-state index in [0.717, 1.165) is 62.8 Å². The monoisotopic (exact) mass is 437 g/mol. The molecular formula is C21H35N5O3S. The van der Waals surface area contributed by atoms with Crippen molar-refractivity contribution in [3.8, 4) is 5.75 Å². The first-order valence-corrected chi connectivity index (χ1v) is 12.6. The lowest BCUT2D eigenvalue weighted by Gasteiger charge is -2.29. The number of nitrogens with one attached hydrogen (secondary N) is 2. The first kappa shape index (κ1) is 22.7. The van der Waals surface area contributed by atoms with Crippen molar-refractivity contribution in [3.63, 3.8) is 0 Å². The van der Waals surface area contributed by atoms with Gasteiger partial charge in [-0.25, -0.2) is 12.7 Å². The Kier molecular flexibility index (Phi) is 7.82. The highest BCUT2D eigenvalue weighted by atomic mass is 32.2. The highest BCUT2D eigenvalue weighted by Gasteiger charge is 2.26. The van der Waals surface area contributed by atoms with Crippen LogP contribution in [-0.2, 0) is 10.0 Å². The first-order valence-electron chi connectivity index (χ1n) is 10.8. The Bertz CT molecular complexity index is 822. The SMILES string of the molecule is CCNC(=NCC1CCN(S(C)(=O)=O)CC1)NC1CCN(c2ccccc2OC)C1. The van der Waals surface area contributed by atoms with Gasteiger partial charge in [0, 0.05) is 45.3 Å². The van der Waals surface area contributed by atoms with E-state index in [-0.39, 0.29) is 0 Å². The molecule has 1 unspecified atom stereocenters. The van der Waals surface area contributed by atoms with Crippen molar-refractivity contribution < 1.29 is 13.2 Å². The zero-order chi connectivity index (χ0) is 21.6. The molecule has 0 aromatic heterocycles. The summed E-state index contributed by atoms with van der Waals surface area (Å²) in [4.78, 5) is 7.15. The van der Waals surface area contributed by atoms with E-state index < -0.39 is 10.0 Å². The molecule has 1 atom stereocenters. The predicted octanol–water partition coefficient (Wildman–Crippen LogP) is 1.50. The van der Waals surface area contributed by atoms with Crippen molar-refractivity contribution in [2.24, 2.45) is 10.9 Å². The van der Waals surface area contributed by atoms with Crippen molar-refractivity contribution in [1.29, 1.82) is 0 Å². The summed E-state index contributed by atoms with van der Waals surface area (Å²) < 4.78 is 30.4. The molecule has 0 bridgehead atoms. The number of aliphatic imine (C=N–C) groups is 1. The summed E-state index contributed by atoms with van der Waals surface area (Å²) in [5.74, 6) is 2.17. The molecule has 3 rings (SSSR count). The largest absolute Gasteiger partial charge is 0.495 e. The Balaban J connectivity index is 1.53. The zero-order valence-corrected chi connectivity index (χ0v) is 19.1. The Morgan fingerprint density at radius 3 is 2.60 bits per heavy atom. The van der Waals surface area contributed by atoms with Crippen LogP contribution in [0.3, 0.4) is 0 Å². The molecule has 2 heterocycles. The number of hydrogen-bond donors (Lipinski definition) is 2. The van der Waals surface area contributed by atoms with Crippen LogP contribution in [0.15, 0.2) is 29.3 Å². The molecule has 9 heteroatoms. The van der Waals surface area contributed by atoms with Crippen molar-refractivity contribution in [2.45, 2.75) is 32.2 Å². The topological polar surface area (TPSA) is 86.3 Å². The van der Waals surface area contributed by atoms with Crippen LogP contribution in [0.1, 0.15) is 26.2 Å². The number of sulfonamides is 1. The third-order valence-corrected chi connectivity index (χ3v) is 7.15. The van der Waals surface area contributed by atoms with Crippen LogP contribution in [0, 0.1) is 5.92 Å². The van der Waals surface area contributed by atoms with Gasteiger partial charge in [-0.1, -0.05) is 12.1 Å². The number of methoxy groups -OCH3 is 1. The summed E-state index contributed by atoms with van der Waals surface area (Å²) in [5.41, 5.74) is 1.13. The van der Waals surface area contributed by atoms with E-state index in [0.29, 0.717) is 25.0 Å². The van der Waals surface area contributed by atoms with Crippen molar-refractivity contribution >= 4 is 21.7 Å². The van der Waals surface area contributed by atoms with Crippen LogP contribution in [0.2, 0.25) is 0 Å². The van der Waals surface area contributed by atoms with Gasteiger partial charge in [0.05, 0.1) is 19.1 Å². The molecule has 2 aliphatic heterocycles. The van der Waals surface area contributed by atoms with Crippen LogP contribution in [0.5, 0.6) is 5.75 Å². The molecule has 2 aliphatic rings. The molecule has 2 saturated heterocycles. The van der Waals surface area contributed by atoms with Gasteiger partial charge in [-0.3, -0.25) is 4.99 Å². The molecule has 0 aliphatic carbocycles. The minimum absolute atomic E-state index is 0.319. The molecule has 0 spiro atoms. The van der Waals surface area contributed by atoms with Crippen LogP contribution in [0.4, 0.5) is 5.69 Å². The molecule has 168 valence electrons. The molecule has 2 fully saturated rings. The van der Waals surface area contributed by atoms with Gasteiger partial charge in [0.15, 0.2) is 5.96 Å². The van der Waals surface area contributed by atoms with Gasteiger partial charge in [-0.2, -0.15) is 0 Å². The summed E-state index contributed by atoms with van der Waals surface area (Å²) in [5, 5.41) is 6.93. The molecular weight excluding hydrogens is 402 g/mol. The van der Waals surface area contributed by atoms with Crippen LogP contribution >= 0.6 is 0 Å². The molecule has 1 aromatic carbocycles. The Morgan fingerprint density at radius 2 is 1.93 bits per heavy atom. The minimum Gasteiger partial charge on any atom is -0.495 e. The number of guanidine groups is 1. The van der Waals surface area contributed by atoms with Crippen LogP contribution in [0.25, 0.3) is 0 Å². The van der Waals surface area contributed by atoms with E-state index in [1.807, 2.05) is 18.2 Å². The molecule has 0 amide bonds. The standard InChI is InChI=1S/C21H35N5O3S/c1-4-22-21(23-15-17-9-13-26(14-10-17)30(3,27)28)24-18-11-12-25(16-18)19-7-5-6-8-20(19)29-2/h5-8,17-18H,4,9-16H2,1-3H3,(H2,22,23,24). The highest BCUT2D eigenvalue weighted by molar-refractivity contribution is 7.88. The summed E-state index contributed by atoms with van der Waals surface area (Å²) in [6, 6.07) is 8.45. The molecule has 0 saturated carbocycles. The minimum atomic E-state index is -3.08. The Morgan fingerprint density at radius 1 is 1.20 bits per heavy atom. The van der Waals surface area contributed by atoms with Gasteiger partial charge in [0.2, 0.25) is 10.0 Å². The normalized spacial score (nSPS) is 21.6. The van der Waals surface area contributed by atoms with E-state index >= 15 is 0 Å². The maximum absolute atomic E-state index is 11.7. The van der Waals surface area contributed by atoms with E-state index in [1.54, 1.807) is 11.4 Å². The van der Waals surface area contributed by atoms with Crippen LogP contribution < -0.4 is 20.3 Å². The second-order valence-electron chi connectivity index (χ2n) is 8.07. The van der Waals surface area contributed by atoms with Gasteiger partial charge >= 0.3 is 0 Å². The van der Waals surface area contributed by atoms with Gasteiger partial charge < -0.3 is 20.3 Å². The average molecular weight is 438 g/mol. The predicted molar refractivity (Wildman–Crippen MR) is 122 cm³/mol. The number of anilines is 1. The maximum atomic E-state index is 11.7. The average Bonchev–Trinajstić information content (AvgIpc) is 3.20. The van der Waals surface area contributed by atoms with Crippen molar-refractivity contribution in [3.05, 3.63) is 24.3 Å². The fraction of sp³-hybridized carbons (Fsp3) is 0.667. The molecule has 2 N–H and O–H groups in total. The lowest BCUT2D eigenvalue weighted by atomic mass is 9.98. The highest BCUT2D eigenvalue weighted by Crippen LogP contribution is 2.30. The first-order chi connectivity index (χ1) is 14.4. The van der Waals surface area contributed by atoms with E-state index in [4.69, 9.17) is 9.73 Å². The third kappa shape index (κ3) is 6.01. The summed E-state index contributed by atoms with van der Waals surface area (Å²) in [6.07, 6.45) is 4.05. The summed E-state index contributed by atoms with van der Waals surface area (Å²) in [7, 11) is -1.37. The number of para-hydroxylation sites is 2. The molecule has 8 nitrogen and oxygen atoms in total. The fourth-order valence-corrected chi connectivity index (χ4v) is 5.02. The van der Waals surface area contributed by atoms with E-state index in [9.17, 15) is 8.42 Å². The Labute approximate surface area is 180 Å². The van der Waals surface area contributed by atoms with Gasteiger partial charge in [0.1, 0.15) is 5.75 Å². The molecule has 30 heavy (non-hydrogen) atoms. The lowest BCUT2D eigenvalue weighted by Crippen LogP contribution is -2.45. The second kappa shape index (κ2) is 10.3. The maximum Gasteiger partial charge on any atom is 0.211 e. The zero-order valence-electron chi connectivity index (χ0n) is 18.3. The fourth-order valence-electron chi connectivity index (χ4n) is 4.15. The lowest BCUT2D eigenvalue weighted by molar-refractivity contribution is 0.280. The van der Waals surface area contributed by atoms with Gasteiger partial charge in [0.25, 0.3) is 0 Å². The number of rotatable bonds is 7. The molecule has 0 radical (unpaired) electrons. The number of benzene rings is 1. The van der Waals surface area contributed by atoms with Gasteiger partial charge in [-0.05, 0) is 44.2 Å². The van der Waals surface area contributed by atoms with E-state index in [2.05, 4.69) is 28.5 Å². The summed E-state index contributed by atoms with van der Waals surface area (Å²) >= 11 is 0. The van der Waals surface area contributed by atoms with Crippen LogP contribution in [-0.4, -0.2) is 77.4 Å². The van der Waals surface area contributed by atoms with Crippen molar-refractivity contribution in [1.82, 2.24) is 14.9 Å². The van der Waals surface area contributed by atoms with Gasteiger partial charge in [-0.15, -0.1) is 0 Å². The second-order valence-corrected chi connectivity index (χ2v) is 10.1.